The van der Waals surface area contributed by atoms with E-state index in [2.05, 4.69) is 6.04 Å². The van der Waals surface area contributed by atoms with Crippen molar-refractivity contribution in [2.24, 2.45) is 0 Å². The molecule has 1 fully saturated rings. The van der Waals surface area contributed by atoms with Gasteiger partial charge >= 0.3 is 0 Å². The highest BCUT2D eigenvalue weighted by atomic mass is 15.2. The second-order valence-corrected chi connectivity index (χ2v) is 1.12. The number of terminal acetylenes is 1. The van der Waals surface area contributed by atoms with Crippen LogP contribution in [0, 0.1) is 12.5 Å². The van der Waals surface area contributed by atoms with E-state index in [9.17, 15) is 0 Å². The van der Waals surface area contributed by atoms with Crippen molar-refractivity contribution < 1.29 is 0 Å². The highest BCUT2D eigenvalue weighted by Crippen LogP contribution is 1.96. The molecule has 1 rings (SSSR count). The lowest BCUT2D eigenvalue weighted by molar-refractivity contribution is 0.820. The Labute approximate surface area is 31.6 Å². The summed E-state index contributed by atoms with van der Waals surface area (Å²) in [6, 6.07) is 2.47. The SMILES string of the molecule is C#CN1CC1. The molecule has 0 N–H and O–H groups in total. The molecule has 0 radical (unpaired) electrons. The van der Waals surface area contributed by atoms with Gasteiger partial charge in [-0.25, -0.2) is 0 Å². The fraction of sp³-hybridized carbons (Fsp3) is 0.500. The summed E-state index contributed by atoms with van der Waals surface area (Å²) in [7, 11) is 0. The highest BCUT2D eigenvalue weighted by Gasteiger charge is 2.09. The van der Waals surface area contributed by atoms with E-state index >= 15 is 0 Å². The molecule has 0 aromatic rings. The van der Waals surface area contributed by atoms with Crippen molar-refractivity contribution in [1.82, 2.24) is 4.90 Å². The predicted octanol–water partition coefficient (Wildman–Crippen LogP) is -0.107. The van der Waals surface area contributed by atoms with Crippen LogP contribution in [-0.4, -0.2) is 18.0 Å². The Balaban J connectivity index is 2.30. The molecule has 1 saturated heterocycles. The van der Waals surface area contributed by atoms with E-state index in [1.807, 2.05) is 4.90 Å². The van der Waals surface area contributed by atoms with E-state index in [0.717, 1.165) is 13.1 Å². The topological polar surface area (TPSA) is 3.01 Å². The molecule has 26 valence electrons. The minimum atomic E-state index is 1.11. The lowest BCUT2D eigenvalue weighted by atomic mass is 11.0. The third-order valence-electron chi connectivity index (χ3n) is 0.630. The summed E-state index contributed by atoms with van der Waals surface area (Å²) in [4.78, 5) is 1.90. The van der Waals surface area contributed by atoms with Crippen LogP contribution in [0.5, 0.6) is 0 Å². The van der Waals surface area contributed by atoms with Crippen molar-refractivity contribution >= 4 is 0 Å². The number of hydrogen-bond acceptors (Lipinski definition) is 1. The van der Waals surface area contributed by atoms with Crippen LogP contribution < -0.4 is 0 Å². The molecule has 0 aromatic heterocycles. The van der Waals surface area contributed by atoms with E-state index in [-0.39, 0.29) is 0 Å². The highest BCUT2D eigenvalue weighted by molar-refractivity contribution is 4.93. The van der Waals surface area contributed by atoms with Gasteiger partial charge in [0.15, 0.2) is 0 Å². The fourth-order valence-electron chi connectivity index (χ4n) is 0.179. The van der Waals surface area contributed by atoms with Crippen molar-refractivity contribution in [3.8, 4) is 12.5 Å². The Kier molecular flexibility index (Phi) is 0.337. The van der Waals surface area contributed by atoms with Gasteiger partial charge < -0.3 is 4.90 Å². The minimum Gasteiger partial charge on any atom is -0.329 e. The maximum Gasteiger partial charge on any atom is 0.0444 e. The molecule has 5 heavy (non-hydrogen) atoms. The van der Waals surface area contributed by atoms with E-state index in [1.54, 1.807) is 0 Å². The summed E-state index contributed by atoms with van der Waals surface area (Å²) in [5, 5.41) is 0. The third-order valence-corrected chi connectivity index (χ3v) is 0.630. The lowest BCUT2D eigenvalue weighted by Gasteiger charge is -1.71. The molecule has 0 bridgehead atoms. The van der Waals surface area contributed by atoms with Gasteiger partial charge in [0.25, 0.3) is 0 Å². The Bertz CT molecular complexity index is 66.2. The zero-order valence-corrected chi connectivity index (χ0v) is 2.94. The van der Waals surface area contributed by atoms with Crippen LogP contribution in [-0.2, 0) is 0 Å². The van der Waals surface area contributed by atoms with Gasteiger partial charge in [-0.05, 0) is 0 Å². The molecule has 0 aromatic carbocycles. The van der Waals surface area contributed by atoms with Crippen molar-refractivity contribution in [2.45, 2.75) is 0 Å². The summed E-state index contributed by atoms with van der Waals surface area (Å²) in [6.07, 6.45) is 4.91. The van der Waals surface area contributed by atoms with E-state index in [0.29, 0.717) is 0 Å². The molecule has 0 atom stereocenters. The van der Waals surface area contributed by atoms with Gasteiger partial charge in [0.1, 0.15) is 0 Å². The molecule has 1 heterocycles. The first-order valence-corrected chi connectivity index (χ1v) is 1.64. The van der Waals surface area contributed by atoms with Gasteiger partial charge in [-0.3, -0.25) is 0 Å². The molecular weight excluding hydrogens is 62.1 g/mol. The molecule has 0 aliphatic carbocycles. The zero-order valence-electron chi connectivity index (χ0n) is 2.94. The minimum absolute atomic E-state index is 1.11. The molecule has 0 unspecified atom stereocenters. The van der Waals surface area contributed by atoms with Crippen LogP contribution in [0.4, 0.5) is 0 Å². The van der Waals surface area contributed by atoms with Crippen molar-refractivity contribution in [3.63, 3.8) is 0 Å². The summed E-state index contributed by atoms with van der Waals surface area (Å²) in [5.74, 6) is 0. The second kappa shape index (κ2) is 0.651. The Morgan fingerprint density at radius 1 is 1.60 bits per heavy atom. The first-order valence-electron chi connectivity index (χ1n) is 1.64. The predicted molar refractivity (Wildman–Crippen MR) is 20.4 cm³/mol. The molecule has 0 amide bonds. The van der Waals surface area contributed by atoms with Crippen LogP contribution in [0.2, 0.25) is 0 Å². The van der Waals surface area contributed by atoms with E-state index < -0.39 is 0 Å². The summed E-state index contributed by atoms with van der Waals surface area (Å²) >= 11 is 0. The normalized spacial score (nSPS) is 17.8. The number of nitrogens with zero attached hydrogens (tertiary/aromatic N) is 1. The molecule has 1 heteroatoms. The first-order chi connectivity index (χ1) is 2.43. The maximum atomic E-state index is 4.91. The smallest absolute Gasteiger partial charge is 0.0444 e. The Morgan fingerprint density at radius 3 is 2.20 bits per heavy atom. The molecule has 0 saturated carbocycles. The summed E-state index contributed by atoms with van der Waals surface area (Å²) in [6.45, 7) is 2.22. The standard InChI is InChI=1S/C4H5N/c1-2-5-3-4-5/h1H,3-4H2. The quantitative estimate of drug-likeness (QED) is 0.282. The summed E-state index contributed by atoms with van der Waals surface area (Å²) in [5.41, 5.74) is 0. The molecule has 1 nitrogen and oxygen atoms in total. The molecular formula is C4H5N. The van der Waals surface area contributed by atoms with Crippen LogP contribution in [0.15, 0.2) is 0 Å². The third kappa shape index (κ3) is 0.327. The Morgan fingerprint density at radius 2 is 2.20 bits per heavy atom. The van der Waals surface area contributed by atoms with Crippen LogP contribution in [0.25, 0.3) is 0 Å². The van der Waals surface area contributed by atoms with Crippen LogP contribution >= 0.6 is 0 Å². The average Bonchev–Trinajstić information content (AvgIpc) is 2.12. The van der Waals surface area contributed by atoms with Crippen molar-refractivity contribution in [1.29, 1.82) is 0 Å². The van der Waals surface area contributed by atoms with Crippen LogP contribution in [0.1, 0.15) is 0 Å². The van der Waals surface area contributed by atoms with Gasteiger partial charge in [-0.2, -0.15) is 0 Å². The first kappa shape index (κ1) is 2.59. The number of rotatable bonds is 0. The number of hydrogen-bond donors (Lipinski definition) is 0. The van der Waals surface area contributed by atoms with Gasteiger partial charge in [-0.1, -0.05) is 6.42 Å². The molecule has 0 spiro atoms. The summed E-state index contributed by atoms with van der Waals surface area (Å²) < 4.78 is 0. The van der Waals surface area contributed by atoms with Gasteiger partial charge in [0, 0.05) is 19.1 Å². The monoisotopic (exact) mass is 67.0 g/mol. The average molecular weight is 67.1 g/mol. The van der Waals surface area contributed by atoms with Gasteiger partial charge in [0.2, 0.25) is 0 Å². The van der Waals surface area contributed by atoms with Crippen LogP contribution in [0.3, 0.4) is 0 Å². The molecule has 1 aliphatic rings. The van der Waals surface area contributed by atoms with E-state index in [4.69, 9.17) is 6.42 Å². The van der Waals surface area contributed by atoms with E-state index in [1.165, 1.54) is 0 Å². The lowest BCUT2D eigenvalue weighted by Crippen LogP contribution is -1.75. The second-order valence-electron chi connectivity index (χ2n) is 1.12. The van der Waals surface area contributed by atoms with Gasteiger partial charge in [0.05, 0.1) is 0 Å². The van der Waals surface area contributed by atoms with Crippen molar-refractivity contribution in [3.05, 3.63) is 0 Å². The maximum absolute atomic E-state index is 4.91. The fourth-order valence-corrected chi connectivity index (χ4v) is 0.179. The Hall–Kier alpha value is -0.640. The van der Waals surface area contributed by atoms with Crippen molar-refractivity contribution in [2.75, 3.05) is 13.1 Å². The largest absolute Gasteiger partial charge is 0.329 e. The van der Waals surface area contributed by atoms with Gasteiger partial charge in [-0.15, -0.1) is 0 Å². The zero-order chi connectivity index (χ0) is 3.70. The molecule has 1 aliphatic heterocycles.